The van der Waals surface area contributed by atoms with Crippen molar-refractivity contribution in [2.45, 2.75) is 39.7 Å². The third kappa shape index (κ3) is 3.40. The van der Waals surface area contributed by atoms with Crippen LogP contribution < -0.4 is 0 Å². The SMILES string of the molecule is Cc1noc(C)c1C(c1ccc(C(C)C)cc1)N1CCN(C)CC1. The Morgan fingerprint density at radius 2 is 1.54 bits per heavy atom. The minimum absolute atomic E-state index is 0.228. The Labute approximate surface area is 145 Å². The second-order valence-electron chi connectivity index (χ2n) is 7.30. The van der Waals surface area contributed by atoms with E-state index in [0.29, 0.717) is 5.92 Å². The lowest BCUT2D eigenvalue weighted by molar-refractivity contribution is 0.126. The molecule has 1 aliphatic heterocycles. The van der Waals surface area contributed by atoms with Gasteiger partial charge in [-0.05, 0) is 37.9 Å². The fraction of sp³-hybridized carbons (Fsp3) is 0.550. The van der Waals surface area contributed by atoms with Gasteiger partial charge in [0.1, 0.15) is 5.76 Å². The van der Waals surface area contributed by atoms with Crippen LogP contribution in [-0.4, -0.2) is 48.2 Å². The van der Waals surface area contributed by atoms with Crippen LogP contribution in [0.1, 0.15) is 54.0 Å². The van der Waals surface area contributed by atoms with Gasteiger partial charge in [0.2, 0.25) is 0 Å². The van der Waals surface area contributed by atoms with Gasteiger partial charge in [-0.2, -0.15) is 0 Å². The van der Waals surface area contributed by atoms with Crippen LogP contribution in [0.15, 0.2) is 28.8 Å². The van der Waals surface area contributed by atoms with Crippen molar-refractivity contribution in [2.24, 2.45) is 0 Å². The highest BCUT2D eigenvalue weighted by atomic mass is 16.5. The highest BCUT2D eigenvalue weighted by Crippen LogP contribution is 2.34. The van der Waals surface area contributed by atoms with Crippen LogP contribution in [0, 0.1) is 13.8 Å². The number of piperazine rings is 1. The molecule has 1 unspecified atom stereocenters. The molecular formula is C20H29N3O. The molecule has 0 bridgehead atoms. The zero-order chi connectivity index (χ0) is 17.3. The van der Waals surface area contributed by atoms with Crippen LogP contribution in [-0.2, 0) is 0 Å². The Bertz CT molecular complexity index is 647. The summed E-state index contributed by atoms with van der Waals surface area (Å²) in [5, 5.41) is 4.21. The molecule has 4 heteroatoms. The number of nitrogens with zero attached hydrogens (tertiary/aromatic N) is 3. The first-order chi connectivity index (χ1) is 11.5. The molecule has 1 fully saturated rings. The summed E-state index contributed by atoms with van der Waals surface area (Å²) in [6.45, 7) is 12.9. The molecule has 0 N–H and O–H groups in total. The molecule has 0 saturated carbocycles. The molecule has 1 aromatic heterocycles. The van der Waals surface area contributed by atoms with E-state index >= 15 is 0 Å². The average molecular weight is 327 g/mol. The zero-order valence-electron chi connectivity index (χ0n) is 15.5. The molecule has 0 aliphatic carbocycles. The van der Waals surface area contributed by atoms with Crippen molar-refractivity contribution in [1.29, 1.82) is 0 Å². The summed E-state index contributed by atoms with van der Waals surface area (Å²) in [4.78, 5) is 4.96. The van der Waals surface area contributed by atoms with E-state index in [4.69, 9.17) is 4.52 Å². The van der Waals surface area contributed by atoms with Crippen molar-refractivity contribution < 1.29 is 4.52 Å². The molecule has 0 radical (unpaired) electrons. The van der Waals surface area contributed by atoms with Gasteiger partial charge in [-0.3, -0.25) is 4.90 Å². The van der Waals surface area contributed by atoms with Gasteiger partial charge in [0, 0.05) is 31.7 Å². The van der Waals surface area contributed by atoms with Gasteiger partial charge in [0.25, 0.3) is 0 Å². The van der Waals surface area contributed by atoms with Crippen LogP contribution in [0.25, 0.3) is 0 Å². The van der Waals surface area contributed by atoms with E-state index in [-0.39, 0.29) is 6.04 Å². The maximum atomic E-state index is 5.48. The Hall–Kier alpha value is -1.65. The van der Waals surface area contributed by atoms with Crippen LogP contribution in [0.3, 0.4) is 0 Å². The second-order valence-corrected chi connectivity index (χ2v) is 7.30. The van der Waals surface area contributed by atoms with Gasteiger partial charge in [-0.1, -0.05) is 43.3 Å². The van der Waals surface area contributed by atoms with E-state index in [0.717, 1.165) is 37.6 Å². The maximum absolute atomic E-state index is 5.48. The van der Waals surface area contributed by atoms with Gasteiger partial charge >= 0.3 is 0 Å². The summed E-state index contributed by atoms with van der Waals surface area (Å²) in [5.41, 5.74) is 4.95. The number of rotatable bonds is 4. The third-order valence-electron chi connectivity index (χ3n) is 5.18. The molecule has 1 atom stereocenters. The quantitative estimate of drug-likeness (QED) is 0.856. The topological polar surface area (TPSA) is 32.5 Å². The fourth-order valence-electron chi connectivity index (χ4n) is 3.58. The Morgan fingerprint density at radius 3 is 2.04 bits per heavy atom. The normalized spacial score (nSPS) is 18.2. The Morgan fingerprint density at radius 1 is 0.958 bits per heavy atom. The second kappa shape index (κ2) is 7.08. The van der Waals surface area contributed by atoms with Crippen LogP contribution in [0.4, 0.5) is 0 Å². The third-order valence-corrected chi connectivity index (χ3v) is 5.18. The van der Waals surface area contributed by atoms with Gasteiger partial charge in [-0.15, -0.1) is 0 Å². The summed E-state index contributed by atoms with van der Waals surface area (Å²) in [6, 6.07) is 9.32. The first-order valence-corrected chi connectivity index (χ1v) is 8.92. The van der Waals surface area contributed by atoms with Crippen molar-refractivity contribution >= 4 is 0 Å². The highest BCUT2D eigenvalue weighted by molar-refractivity contribution is 5.37. The molecule has 2 heterocycles. The molecular weight excluding hydrogens is 298 g/mol. The van der Waals surface area contributed by atoms with Crippen molar-refractivity contribution in [3.63, 3.8) is 0 Å². The minimum Gasteiger partial charge on any atom is -0.361 e. The Kier molecular flexibility index (Phi) is 5.07. The van der Waals surface area contributed by atoms with Gasteiger partial charge < -0.3 is 9.42 Å². The lowest BCUT2D eigenvalue weighted by Crippen LogP contribution is -2.46. The lowest BCUT2D eigenvalue weighted by atomic mass is 9.92. The predicted octanol–water partition coefficient (Wildman–Crippen LogP) is 3.75. The summed E-state index contributed by atoms with van der Waals surface area (Å²) in [7, 11) is 2.19. The van der Waals surface area contributed by atoms with Gasteiger partial charge in [-0.25, -0.2) is 0 Å². The zero-order valence-corrected chi connectivity index (χ0v) is 15.5. The number of likely N-dealkylation sites (N-methyl/N-ethyl adjacent to an activating group) is 1. The molecule has 0 amide bonds. The fourth-order valence-corrected chi connectivity index (χ4v) is 3.58. The first kappa shape index (κ1) is 17.2. The Balaban J connectivity index is 1.98. The van der Waals surface area contributed by atoms with E-state index in [1.165, 1.54) is 16.7 Å². The molecule has 0 spiro atoms. The number of aryl methyl sites for hydroxylation is 2. The molecule has 130 valence electrons. The standard InChI is InChI=1S/C20H29N3O/c1-14(2)17-6-8-18(9-7-17)20(19-15(3)21-24-16(19)4)23-12-10-22(5)11-13-23/h6-9,14,20H,10-13H2,1-5H3. The van der Waals surface area contributed by atoms with Gasteiger partial charge in [0.05, 0.1) is 11.7 Å². The molecule has 2 aromatic rings. The molecule has 3 rings (SSSR count). The number of hydrogen-bond donors (Lipinski definition) is 0. The van der Waals surface area contributed by atoms with Crippen molar-refractivity contribution in [1.82, 2.24) is 15.0 Å². The van der Waals surface area contributed by atoms with E-state index in [1.54, 1.807) is 0 Å². The molecule has 1 aromatic carbocycles. The predicted molar refractivity (Wildman–Crippen MR) is 97.4 cm³/mol. The maximum Gasteiger partial charge on any atom is 0.139 e. The molecule has 1 aliphatic rings. The molecule has 4 nitrogen and oxygen atoms in total. The number of aromatic nitrogens is 1. The summed E-state index contributed by atoms with van der Waals surface area (Å²) < 4.78 is 5.48. The largest absolute Gasteiger partial charge is 0.361 e. The molecule has 1 saturated heterocycles. The summed E-state index contributed by atoms with van der Waals surface area (Å²) in [6.07, 6.45) is 0. The number of hydrogen-bond acceptors (Lipinski definition) is 4. The summed E-state index contributed by atoms with van der Waals surface area (Å²) in [5.74, 6) is 1.49. The first-order valence-electron chi connectivity index (χ1n) is 8.92. The van der Waals surface area contributed by atoms with Crippen LogP contribution >= 0.6 is 0 Å². The average Bonchev–Trinajstić information content (AvgIpc) is 2.90. The van der Waals surface area contributed by atoms with E-state index in [2.05, 4.69) is 67.0 Å². The minimum atomic E-state index is 0.228. The van der Waals surface area contributed by atoms with Crippen molar-refractivity contribution in [2.75, 3.05) is 33.2 Å². The van der Waals surface area contributed by atoms with Gasteiger partial charge in [0.15, 0.2) is 0 Å². The van der Waals surface area contributed by atoms with E-state index in [9.17, 15) is 0 Å². The number of benzene rings is 1. The van der Waals surface area contributed by atoms with Crippen LogP contribution in [0.2, 0.25) is 0 Å². The van der Waals surface area contributed by atoms with Crippen molar-refractivity contribution in [3.8, 4) is 0 Å². The monoisotopic (exact) mass is 327 g/mol. The van der Waals surface area contributed by atoms with E-state index < -0.39 is 0 Å². The smallest absolute Gasteiger partial charge is 0.139 e. The summed E-state index contributed by atoms with van der Waals surface area (Å²) >= 11 is 0. The lowest BCUT2D eigenvalue weighted by Gasteiger charge is -2.38. The highest BCUT2D eigenvalue weighted by Gasteiger charge is 2.30. The molecule has 24 heavy (non-hydrogen) atoms. The van der Waals surface area contributed by atoms with Crippen molar-refractivity contribution in [3.05, 3.63) is 52.4 Å². The van der Waals surface area contributed by atoms with Crippen LogP contribution in [0.5, 0.6) is 0 Å². The van der Waals surface area contributed by atoms with E-state index in [1.807, 2.05) is 6.92 Å².